The first kappa shape index (κ1) is 20.0. The summed E-state index contributed by atoms with van der Waals surface area (Å²) in [5, 5.41) is 0.388. The van der Waals surface area contributed by atoms with Crippen LogP contribution < -0.4 is 9.64 Å². The molecule has 158 valence electrons. The molecule has 2 aliphatic carbocycles. The van der Waals surface area contributed by atoms with Gasteiger partial charge in [-0.2, -0.15) is 0 Å². The fourth-order valence-corrected chi connectivity index (χ4v) is 5.27. The standard InChI is InChI=1S/C25H22ClNO4/c1-13-3-5-15(6-4-13)23(28)14(2)31-20-10-9-18(26)12-19(20)27-24(29)21-16-7-8-17(11-16)22(21)25(27)30/h3-10,12,14,16-17,21-22H,11H2,1-2H3. The number of ether oxygens (including phenoxy) is 1. The summed E-state index contributed by atoms with van der Waals surface area (Å²) in [5.41, 5.74) is 1.91. The van der Waals surface area contributed by atoms with Crippen LogP contribution >= 0.6 is 11.6 Å². The van der Waals surface area contributed by atoms with Crippen molar-refractivity contribution < 1.29 is 19.1 Å². The Balaban J connectivity index is 1.44. The predicted molar refractivity (Wildman–Crippen MR) is 117 cm³/mol. The monoisotopic (exact) mass is 435 g/mol. The van der Waals surface area contributed by atoms with E-state index in [0.29, 0.717) is 22.0 Å². The van der Waals surface area contributed by atoms with E-state index in [1.54, 1.807) is 37.3 Å². The molecular formula is C25H22ClNO4. The van der Waals surface area contributed by atoms with Crippen LogP contribution in [0.15, 0.2) is 54.6 Å². The van der Waals surface area contributed by atoms with Gasteiger partial charge < -0.3 is 4.74 Å². The maximum atomic E-state index is 13.2. The number of amides is 2. The molecule has 2 aromatic carbocycles. The number of carbonyl (C=O) groups excluding carboxylic acids is 3. The average molecular weight is 436 g/mol. The first-order chi connectivity index (χ1) is 14.8. The van der Waals surface area contributed by atoms with Gasteiger partial charge in [0.2, 0.25) is 17.6 Å². The summed E-state index contributed by atoms with van der Waals surface area (Å²) in [7, 11) is 0. The van der Waals surface area contributed by atoms with Crippen LogP contribution in [0.3, 0.4) is 0 Å². The van der Waals surface area contributed by atoms with Gasteiger partial charge in [-0.3, -0.25) is 14.4 Å². The van der Waals surface area contributed by atoms with Crippen molar-refractivity contribution in [2.75, 3.05) is 4.90 Å². The number of rotatable bonds is 5. The first-order valence-electron chi connectivity index (χ1n) is 10.5. The zero-order chi connectivity index (χ0) is 21.9. The molecule has 1 heterocycles. The van der Waals surface area contributed by atoms with Crippen molar-refractivity contribution in [3.63, 3.8) is 0 Å². The maximum absolute atomic E-state index is 13.2. The van der Waals surface area contributed by atoms with Gasteiger partial charge in [-0.1, -0.05) is 53.6 Å². The Hall–Kier alpha value is -2.92. The summed E-state index contributed by atoms with van der Waals surface area (Å²) >= 11 is 6.21. The maximum Gasteiger partial charge on any atom is 0.238 e. The second-order valence-electron chi connectivity index (χ2n) is 8.61. The van der Waals surface area contributed by atoms with E-state index in [4.69, 9.17) is 16.3 Å². The molecule has 1 saturated carbocycles. The van der Waals surface area contributed by atoms with Crippen molar-refractivity contribution in [2.24, 2.45) is 23.7 Å². The van der Waals surface area contributed by atoms with Gasteiger partial charge in [-0.25, -0.2) is 4.90 Å². The largest absolute Gasteiger partial charge is 0.480 e. The Morgan fingerprint density at radius 2 is 1.65 bits per heavy atom. The Morgan fingerprint density at radius 1 is 1.03 bits per heavy atom. The highest BCUT2D eigenvalue weighted by molar-refractivity contribution is 6.31. The van der Waals surface area contributed by atoms with Gasteiger partial charge in [0.1, 0.15) is 5.75 Å². The highest BCUT2D eigenvalue weighted by Gasteiger charge is 2.60. The summed E-state index contributed by atoms with van der Waals surface area (Å²) in [4.78, 5) is 40.5. The van der Waals surface area contributed by atoms with Gasteiger partial charge in [-0.05, 0) is 50.3 Å². The number of halogens is 1. The van der Waals surface area contributed by atoms with Gasteiger partial charge in [0.15, 0.2) is 6.10 Å². The summed E-state index contributed by atoms with van der Waals surface area (Å²) in [6.45, 7) is 3.61. The third-order valence-corrected chi connectivity index (χ3v) is 6.88. The lowest BCUT2D eigenvalue weighted by molar-refractivity contribution is -0.123. The van der Waals surface area contributed by atoms with Gasteiger partial charge in [0, 0.05) is 10.6 Å². The Bertz CT molecular complexity index is 1090. The molecule has 1 saturated heterocycles. The molecule has 2 aromatic rings. The molecule has 0 N–H and O–H groups in total. The van der Waals surface area contributed by atoms with Crippen molar-refractivity contribution in [2.45, 2.75) is 26.4 Å². The predicted octanol–water partition coefficient (Wildman–Crippen LogP) is 4.61. The molecule has 31 heavy (non-hydrogen) atoms. The minimum atomic E-state index is -0.798. The third-order valence-electron chi connectivity index (χ3n) is 6.64. The van der Waals surface area contributed by atoms with Crippen LogP contribution in [-0.4, -0.2) is 23.7 Å². The van der Waals surface area contributed by atoms with Gasteiger partial charge in [0.25, 0.3) is 0 Å². The highest BCUT2D eigenvalue weighted by Crippen LogP contribution is 2.54. The molecule has 5 unspecified atom stereocenters. The summed E-state index contributed by atoms with van der Waals surface area (Å²) < 4.78 is 5.98. The molecule has 5 atom stereocenters. The number of fused-ring (bicyclic) bond motifs is 5. The van der Waals surface area contributed by atoms with E-state index in [1.807, 2.05) is 19.1 Å². The van der Waals surface area contributed by atoms with Crippen LogP contribution in [0.5, 0.6) is 5.75 Å². The van der Waals surface area contributed by atoms with E-state index >= 15 is 0 Å². The number of anilines is 1. The van der Waals surface area contributed by atoms with Crippen LogP contribution in [0.4, 0.5) is 5.69 Å². The first-order valence-corrected chi connectivity index (χ1v) is 10.9. The molecule has 0 radical (unpaired) electrons. The summed E-state index contributed by atoms with van der Waals surface area (Å²) in [5.74, 6) is -0.725. The second-order valence-corrected chi connectivity index (χ2v) is 9.05. The highest BCUT2D eigenvalue weighted by atomic mass is 35.5. The minimum absolute atomic E-state index is 0.113. The van der Waals surface area contributed by atoms with E-state index in [2.05, 4.69) is 12.2 Å². The molecule has 2 fully saturated rings. The zero-order valence-electron chi connectivity index (χ0n) is 17.2. The lowest BCUT2D eigenvalue weighted by atomic mass is 9.85. The van der Waals surface area contributed by atoms with Gasteiger partial charge in [-0.15, -0.1) is 0 Å². The summed E-state index contributed by atoms with van der Waals surface area (Å²) in [6, 6.07) is 12.1. The normalized spacial score (nSPS) is 27.0. The second kappa shape index (κ2) is 7.34. The number of carbonyl (C=O) groups is 3. The average Bonchev–Trinajstić information content (AvgIpc) is 3.43. The topological polar surface area (TPSA) is 63.7 Å². The smallest absolute Gasteiger partial charge is 0.238 e. The zero-order valence-corrected chi connectivity index (χ0v) is 18.0. The lowest BCUT2D eigenvalue weighted by Crippen LogP contribution is -2.34. The number of allylic oxidation sites excluding steroid dienone is 2. The van der Waals surface area contributed by atoms with E-state index < -0.39 is 6.10 Å². The van der Waals surface area contributed by atoms with Gasteiger partial charge >= 0.3 is 0 Å². The number of imide groups is 1. The molecule has 5 rings (SSSR count). The van der Waals surface area contributed by atoms with Crippen LogP contribution in [0.25, 0.3) is 0 Å². The van der Waals surface area contributed by atoms with Crippen LogP contribution in [0, 0.1) is 30.6 Å². The van der Waals surface area contributed by atoms with Crippen LogP contribution in [0.1, 0.15) is 29.3 Å². The van der Waals surface area contributed by atoms with Gasteiger partial charge in [0.05, 0.1) is 17.5 Å². The number of Topliss-reactive ketones (excluding diaryl/α,β-unsaturated/α-hetero) is 1. The number of benzene rings is 2. The SMILES string of the molecule is Cc1ccc(C(=O)C(C)Oc2ccc(Cl)cc2N2C(=O)C3C4C=CC(C4)C3C2=O)cc1. The fourth-order valence-electron chi connectivity index (χ4n) is 5.10. The molecule has 0 spiro atoms. The Morgan fingerprint density at radius 3 is 2.26 bits per heavy atom. The summed E-state index contributed by atoms with van der Waals surface area (Å²) in [6.07, 6.45) is 4.17. The quantitative estimate of drug-likeness (QED) is 0.391. The van der Waals surface area contributed by atoms with Crippen molar-refractivity contribution in [3.8, 4) is 5.75 Å². The molecule has 6 heteroatoms. The number of aryl methyl sites for hydroxylation is 1. The number of nitrogens with zero attached hydrogens (tertiary/aromatic N) is 1. The molecule has 1 aliphatic heterocycles. The molecule has 2 bridgehead atoms. The van der Waals surface area contributed by atoms with Crippen molar-refractivity contribution in [3.05, 3.63) is 70.8 Å². The lowest BCUT2D eigenvalue weighted by Gasteiger charge is -2.23. The van der Waals surface area contributed by atoms with Crippen LogP contribution in [-0.2, 0) is 9.59 Å². The molecule has 2 amide bonds. The fraction of sp³-hybridized carbons (Fsp3) is 0.320. The number of hydrogen-bond donors (Lipinski definition) is 0. The van der Waals surface area contributed by atoms with E-state index in [-0.39, 0.29) is 41.3 Å². The van der Waals surface area contributed by atoms with Crippen molar-refractivity contribution in [1.82, 2.24) is 0 Å². The molecular weight excluding hydrogens is 414 g/mol. The van der Waals surface area contributed by atoms with Crippen molar-refractivity contribution in [1.29, 1.82) is 0 Å². The van der Waals surface area contributed by atoms with E-state index in [1.165, 1.54) is 4.90 Å². The number of ketones is 1. The van der Waals surface area contributed by atoms with E-state index in [9.17, 15) is 14.4 Å². The number of hydrogen-bond acceptors (Lipinski definition) is 4. The third kappa shape index (κ3) is 3.19. The molecule has 3 aliphatic rings. The molecule has 5 nitrogen and oxygen atoms in total. The minimum Gasteiger partial charge on any atom is -0.480 e. The Labute approximate surface area is 185 Å². The Kier molecular flexibility index (Phi) is 4.74. The molecule has 0 aromatic heterocycles. The van der Waals surface area contributed by atoms with E-state index in [0.717, 1.165) is 12.0 Å². The van der Waals surface area contributed by atoms with Crippen LogP contribution in [0.2, 0.25) is 5.02 Å². The van der Waals surface area contributed by atoms with Crippen molar-refractivity contribution >= 4 is 34.9 Å².